The number of aryl methyl sites for hydroxylation is 2. The third kappa shape index (κ3) is 7.90. The highest BCUT2D eigenvalue weighted by molar-refractivity contribution is 5.97. The Labute approximate surface area is 214 Å². The van der Waals surface area contributed by atoms with Crippen molar-refractivity contribution >= 4 is 11.9 Å². The maximum Gasteiger partial charge on any atom is 0.347 e. The van der Waals surface area contributed by atoms with Crippen LogP contribution in [-0.2, 0) is 12.8 Å². The first-order valence-corrected chi connectivity index (χ1v) is 12.8. The summed E-state index contributed by atoms with van der Waals surface area (Å²) < 4.78 is 22.1. The Bertz CT molecular complexity index is 1010. The number of hydrogen-bond donors (Lipinski definition) is 1. The van der Waals surface area contributed by atoms with Gasteiger partial charge in [0.1, 0.15) is 34.1 Å². The fraction of sp³-hybridized carbons (Fsp3) is 0.517. The monoisotopic (exact) mass is 500 g/mol. The average Bonchev–Trinajstić information content (AvgIpc) is 2.87. The molecule has 0 bridgehead atoms. The summed E-state index contributed by atoms with van der Waals surface area (Å²) in [4.78, 5) is 25.4. The molecule has 0 spiro atoms. The van der Waals surface area contributed by atoms with E-state index in [9.17, 15) is 14.7 Å². The zero-order chi connectivity index (χ0) is 26.5. The molecule has 198 valence electrons. The summed E-state index contributed by atoms with van der Waals surface area (Å²) in [7, 11) is 4.49. The van der Waals surface area contributed by atoms with Crippen LogP contribution in [0.25, 0.3) is 0 Å². The molecular formula is C29H40O7. The zero-order valence-electron chi connectivity index (χ0n) is 22.3. The summed E-state index contributed by atoms with van der Waals surface area (Å²) in [5.74, 6) is -0.254. The lowest BCUT2D eigenvalue weighted by molar-refractivity contribution is 0.0691. The van der Waals surface area contributed by atoms with E-state index in [-0.39, 0.29) is 17.1 Å². The molecule has 0 atom stereocenters. The molecule has 0 aromatic heterocycles. The van der Waals surface area contributed by atoms with Gasteiger partial charge < -0.3 is 24.1 Å². The molecule has 1 N–H and O–H groups in total. The second kappa shape index (κ2) is 15.0. The standard InChI is InChI=1S/C29H40O7/c1-6-8-10-11-13-15-20-17-23(19-24(34-4)26(20)28(30)31)36-29(32)27-21(14-12-9-7-2)16-22(33-3)18-25(27)35-5/h16-19H,6-15H2,1-5H3,(H,30,31). The summed E-state index contributed by atoms with van der Waals surface area (Å²) in [6.07, 6.45) is 9.46. The van der Waals surface area contributed by atoms with Crippen molar-refractivity contribution < 1.29 is 33.6 Å². The number of unbranched alkanes of at least 4 members (excludes halogenated alkanes) is 6. The normalized spacial score (nSPS) is 10.7. The van der Waals surface area contributed by atoms with Gasteiger partial charge in [0.25, 0.3) is 0 Å². The molecule has 7 nitrogen and oxygen atoms in total. The molecule has 0 aliphatic carbocycles. The zero-order valence-corrected chi connectivity index (χ0v) is 22.3. The van der Waals surface area contributed by atoms with Crippen LogP contribution in [0.1, 0.15) is 97.1 Å². The van der Waals surface area contributed by atoms with Crippen LogP contribution in [0, 0.1) is 0 Å². The number of hydrogen-bond acceptors (Lipinski definition) is 6. The lowest BCUT2D eigenvalue weighted by atomic mass is 9.98. The fourth-order valence-electron chi connectivity index (χ4n) is 4.30. The number of ether oxygens (including phenoxy) is 4. The van der Waals surface area contributed by atoms with Gasteiger partial charge in [-0.15, -0.1) is 0 Å². The predicted molar refractivity (Wildman–Crippen MR) is 140 cm³/mol. The second-order valence-corrected chi connectivity index (χ2v) is 8.84. The Morgan fingerprint density at radius 1 is 0.667 bits per heavy atom. The lowest BCUT2D eigenvalue weighted by Crippen LogP contribution is -2.15. The van der Waals surface area contributed by atoms with Gasteiger partial charge in [0.2, 0.25) is 0 Å². The number of carboxylic acid groups (broad SMARTS) is 1. The van der Waals surface area contributed by atoms with Crippen molar-refractivity contribution in [1.29, 1.82) is 0 Å². The van der Waals surface area contributed by atoms with Gasteiger partial charge in [0, 0.05) is 12.1 Å². The van der Waals surface area contributed by atoms with E-state index in [1.54, 1.807) is 19.2 Å². The van der Waals surface area contributed by atoms with Gasteiger partial charge in [-0.2, -0.15) is 0 Å². The van der Waals surface area contributed by atoms with E-state index in [0.717, 1.165) is 56.9 Å². The highest BCUT2D eigenvalue weighted by Gasteiger charge is 2.24. The van der Waals surface area contributed by atoms with Gasteiger partial charge in [-0.1, -0.05) is 52.4 Å². The topological polar surface area (TPSA) is 91.3 Å². The largest absolute Gasteiger partial charge is 0.497 e. The first-order valence-electron chi connectivity index (χ1n) is 12.8. The number of carboxylic acids is 1. The number of benzene rings is 2. The van der Waals surface area contributed by atoms with Gasteiger partial charge in [0.05, 0.1) is 21.3 Å². The minimum atomic E-state index is -1.07. The molecule has 36 heavy (non-hydrogen) atoms. The van der Waals surface area contributed by atoms with Crippen molar-refractivity contribution in [2.24, 2.45) is 0 Å². The summed E-state index contributed by atoms with van der Waals surface area (Å²) in [5.41, 5.74) is 1.83. The molecule has 0 heterocycles. The van der Waals surface area contributed by atoms with Crippen LogP contribution in [-0.4, -0.2) is 38.4 Å². The second-order valence-electron chi connectivity index (χ2n) is 8.84. The predicted octanol–water partition coefficient (Wildman–Crippen LogP) is 6.88. The lowest BCUT2D eigenvalue weighted by Gasteiger charge is -2.17. The Balaban J connectivity index is 2.41. The number of carbonyl (C=O) groups is 2. The van der Waals surface area contributed by atoms with Crippen molar-refractivity contribution in [2.75, 3.05) is 21.3 Å². The van der Waals surface area contributed by atoms with E-state index in [1.165, 1.54) is 20.3 Å². The average molecular weight is 501 g/mol. The molecule has 0 aliphatic rings. The van der Waals surface area contributed by atoms with Crippen LogP contribution in [0.2, 0.25) is 0 Å². The summed E-state index contributed by atoms with van der Waals surface area (Å²) in [5, 5.41) is 9.81. The maximum atomic E-state index is 13.4. The SMILES string of the molecule is CCCCCCCc1cc(OC(=O)c2c(CCCCC)cc(OC)cc2OC)cc(OC)c1C(=O)O. The minimum Gasteiger partial charge on any atom is -0.497 e. The third-order valence-corrected chi connectivity index (χ3v) is 6.22. The Hall–Kier alpha value is -3.22. The Morgan fingerprint density at radius 3 is 1.75 bits per heavy atom. The fourth-order valence-corrected chi connectivity index (χ4v) is 4.30. The van der Waals surface area contributed by atoms with E-state index < -0.39 is 11.9 Å². The summed E-state index contributed by atoms with van der Waals surface area (Å²) in [6.45, 7) is 4.27. The molecule has 0 saturated carbocycles. The maximum absolute atomic E-state index is 13.4. The van der Waals surface area contributed by atoms with Crippen molar-refractivity contribution in [3.05, 3.63) is 46.5 Å². The third-order valence-electron chi connectivity index (χ3n) is 6.22. The molecular weight excluding hydrogens is 460 g/mol. The van der Waals surface area contributed by atoms with Crippen LogP contribution in [0.5, 0.6) is 23.0 Å². The van der Waals surface area contributed by atoms with Crippen molar-refractivity contribution in [3.63, 3.8) is 0 Å². The molecule has 2 aromatic rings. The summed E-state index contributed by atoms with van der Waals surface area (Å²) >= 11 is 0. The van der Waals surface area contributed by atoms with Gasteiger partial charge in [-0.25, -0.2) is 9.59 Å². The molecule has 2 rings (SSSR count). The highest BCUT2D eigenvalue weighted by atomic mass is 16.5. The first-order chi connectivity index (χ1) is 17.4. The van der Waals surface area contributed by atoms with E-state index in [1.807, 2.05) is 6.07 Å². The summed E-state index contributed by atoms with van der Waals surface area (Å²) in [6, 6.07) is 6.59. The molecule has 0 fully saturated rings. The van der Waals surface area contributed by atoms with Crippen LogP contribution >= 0.6 is 0 Å². The van der Waals surface area contributed by atoms with Gasteiger partial charge in [0.15, 0.2) is 0 Å². The van der Waals surface area contributed by atoms with Gasteiger partial charge in [-0.05, 0) is 48.9 Å². The Morgan fingerprint density at radius 2 is 1.17 bits per heavy atom. The molecule has 0 aliphatic heterocycles. The van der Waals surface area contributed by atoms with Crippen LogP contribution in [0.4, 0.5) is 0 Å². The van der Waals surface area contributed by atoms with Crippen LogP contribution in [0.3, 0.4) is 0 Å². The smallest absolute Gasteiger partial charge is 0.347 e. The number of esters is 1. The van der Waals surface area contributed by atoms with E-state index in [4.69, 9.17) is 18.9 Å². The molecule has 7 heteroatoms. The number of carbonyl (C=O) groups excluding carboxylic acids is 1. The first kappa shape index (κ1) is 29.0. The molecule has 0 unspecified atom stereocenters. The highest BCUT2D eigenvalue weighted by Crippen LogP contribution is 2.34. The molecule has 2 aromatic carbocycles. The van der Waals surface area contributed by atoms with Crippen molar-refractivity contribution in [3.8, 4) is 23.0 Å². The van der Waals surface area contributed by atoms with Crippen molar-refractivity contribution in [1.82, 2.24) is 0 Å². The quantitative estimate of drug-likeness (QED) is 0.153. The van der Waals surface area contributed by atoms with Crippen molar-refractivity contribution in [2.45, 2.75) is 78.1 Å². The van der Waals surface area contributed by atoms with E-state index in [2.05, 4.69) is 13.8 Å². The van der Waals surface area contributed by atoms with Gasteiger partial charge in [-0.3, -0.25) is 0 Å². The number of aromatic carboxylic acids is 1. The minimum absolute atomic E-state index is 0.107. The van der Waals surface area contributed by atoms with Crippen LogP contribution < -0.4 is 18.9 Å². The Kier molecular flexibility index (Phi) is 12.1. The van der Waals surface area contributed by atoms with E-state index >= 15 is 0 Å². The number of rotatable bonds is 16. The number of methoxy groups -OCH3 is 3. The molecule has 0 saturated heterocycles. The van der Waals surface area contributed by atoms with E-state index in [0.29, 0.717) is 35.5 Å². The van der Waals surface area contributed by atoms with Crippen LogP contribution in [0.15, 0.2) is 24.3 Å². The molecule has 0 radical (unpaired) electrons. The molecule has 0 amide bonds. The van der Waals surface area contributed by atoms with Gasteiger partial charge >= 0.3 is 11.9 Å².